The van der Waals surface area contributed by atoms with Crippen LogP contribution in [0, 0.1) is 23.0 Å². The van der Waals surface area contributed by atoms with Gasteiger partial charge in [-0.15, -0.1) is 12.4 Å². The number of hydrogen-bond donors (Lipinski definition) is 2. The van der Waals surface area contributed by atoms with Crippen LogP contribution in [0.3, 0.4) is 0 Å². The van der Waals surface area contributed by atoms with E-state index in [0.29, 0.717) is 5.69 Å². The predicted molar refractivity (Wildman–Crippen MR) is 79.3 cm³/mol. The van der Waals surface area contributed by atoms with Crippen molar-refractivity contribution in [3.8, 4) is 0 Å². The van der Waals surface area contributed by atoms with Crippen molar-refractivity contribution >= 4 is 29.7 Å². The lowest BCUT2D eigenvalue weighted by atomic mass is 9.97. The predicted octanol–water partition coefficient (Wildman–Crippen LogP) is 2.26. The molecule has 0 radical (unpaired) electrons. The fraction of sp³-hybridized carbons (Fsp3) is 0.462. The largest absolute Gasteiger partial charge is 0.325 e. The second kappa shape index (κ2) is 7.21. The maximum atomic E-state index is 12.1. The summed E-state index contributed by atoms with van der Waals surface area (Å²) in [5.41, 5.74) is 1.34. The number of nitro benzene ring substituents is 1. The van der Waals surface area contributed by atoms with E-state index < -0.39 is 4.92 Å². The van der Waals surface area contributed by atoms with Crippen molar-refractivity contribution in [3.05, 3.63) is 33.9 Å². The highest BCUT2D eigenvalue weighted by molar-refractivity contribution is 5.93. The molecule has 1 saturated heterocycles. The minimum absolute atomic E-state index is 0. The van der Waals surface area contributed by atoms with Crippen molar-refractivity contribution in [2.75, 3.05) is 18.4 Å². The van der Waals surface area contributed by atoms with E-state index in [1.807, 2.05) is 6.92 Å². The zero-order valence-corrected chi connectivity index (χ0v) is 12.0. The minimum atomic E-state index is -0.459. The minimum Gasteiger partial charge on any atom is -0.325 e. The van der Waals surface area contributed by atoms with Gasteiger partial charge >= 0.3 is 0 Å². The molecular formula is C13H18ClN3O3. The third-order valence-electron chi connectivity index (χ3n) is 3.40. The number of non-ortho nitro benzene ring substituents is 1. The fourth-order valence-corrected chi connectivity index (χ4v) is 2.18. The molecule has 1 amide bonds. The summed E-state index contributed by atoms with van der Waals surface area (Å²) in [5.74, 6) is -0.0648. The van der Waals surface area contributed by atoms with Gasteiger partial charge in [-0.3, -0.25) is 14.9 Å². The Bertz CT molecular complexity index is 502. The molecule has 0 saturated carbocycles. The highest BCUT2D eigenvalue weighted by atomic mass is 35.5. The van der Waals surface area contributed by atoms with Crippen LogP contribution >= 0.6 is 12.4 Å². The lowest BCUT2D eigenvalue weighted by Gasteiger charge is -2.22. The van der Waals surface area contributed by atoms with Gasteiger partial charge in [-0.2, -0.15) is 0 Å². The number of hydrogen-bond acceptors (Lipinski definition) is 4. The summed E-state index contributed by atoms with van der Waals surface area (Å²) >= 11 is 0. The van der Waals surface area contributed by atoms with Crippen molar-refractivity contribution < 1.29 is 9.72 Å². The number of amides is 1. The van der Waals surface area contributed by atoms with E-state index in [9.17, 15) is 14.9 Å². The number of aryl methyl sites for hydroxylation is 1. The number of rotatable bonds is 3. The van der Waals surface area contributed by atoms with Gasteiger partial charge in [0.05, 0.1) is 10.6 Å². The molecule has 1 aliphatic heterocycles. The Kier molecular flexibility index (Phi) is 5.91. The first kappa shape index (κ1) is 16.4. The Morgan fingerprint density at radius 3 is 2.65 bits per heavy atom. The summed E-state index contributed by atoms with van der Waals surface area (Å²) < 4.78 is 0. The second-order valence-corrected chi connectivity index (χ2v) is 4.77. The number of halogens is 1. The maximum Gasteiger partial charge on any atom is 0.271 e. The van der Waals surface area contributed by atoms with Crippen LogP contribution in [0.5, 0.6) is 0 Å². The number of piperidine rings is 1. The Morgan fingerprint density at radius 1 is 1.40 bits per heavy atom. The van der Waals surface area contributed by atoms with E-state index >= 15 is 0 Å². The Hall–Kier alpha value is -1.66. The smallest absolute Gasteiger partial charge is 0.271 e. The zero-order valence-electron chi connectivity index (χ0n) is 11.2. The Morgan fingerprint density at radius 2 is 2.05 bits per heavy atom. The van der Waals surface area contributed by atoms with E-state index in [0.717, 1.165) is 31.5 Å². The molecule has 1 aliphatic rings. The van der Waals surface area contributed by atoms with E-state index in [4.69, 9.17) is 0 Å². The van der Waals surface area contributed by atoms with Gasteiger partial charge in [-0.25, -0.2) is 0 Å². The molecule has 0 spiro atoms. The number of anilines is 1. The highest BCUT2D eigenvalue weighted by Gasteiger charge is 2.21. The van der Waals surface area contributed by atoms with Gasteiger partial charge in [0.2, 0.25) is 5.91 Å². The number of nitro groups is 1. The molecule has 6 nitrogen and oxygen atoms in total. The Balaban J connectivity index is 0.00000200. The van der Waals surface area contributed by atoms with Crippen molar-refractivity contribution in [2.24, 2.45) is 5.92 Å². The zero-order chi connectivity index (χ0) is 13.8. The molecule has 7 heteroatoms. The number of nitrogens with one attached hydrogen (secondary N) is 2. The van der Waals surface area contributed by atoms with Crippen LogP contribution in [-0.4, -0.2) is 23.9 Å². The van der Waals surface area contributed by atoms with E-state index in [1.165, 1.54) is 12.1 Å². The molecule has 0 unspecified atom stereocenters. The van der Waals surface area contributed by atoms with Gasteiger partial charge in [0, 0.05) is 18.1 Å². The van der Waals surface area contributed by atoms with Crippen molar-refractivity contribution in [1.29, 1.82) is 0 Å². The van der Waals surface area contributed by atoms with Crippen molar-refractivity contribution in [3.63, 3.8) is 0 Å². The molecule has 0 aliphatic carbocycles. The first-order valence-electron chi connectivity index (χ1n) is 6.34. The standard InChI is InChI=1S/C13H17N3O3.ClH/c1-9-2-3-11(16(18)19)8-12(9)15-13(17)10-4-6-14-7-5-10;/h2-3,8,10,14H,4-7H2,1H3,(H,15,17);1H. The topological polar surface area (TPSA) is 84.3 Å². The average molecular weight is 300 g/mol. The SMILES string of the molecule is Cc1ccc([N+](=O)[O-])cc1NC(=O)C1CCNCC1.Cl. The molecule has 0 atom stereocenters. The molecule has 1 aromatic carbocycles. The van der Waals surface area contributed by atoms with Crippen LogP contribution in [0.1, 0.15) is 18.4 Å². The lowest BCUT2D eigenvalue weighted by molar-refractivity contribution is -0.384. The fourth-order valence-electron chi connectivity index (χ4n) is 2.18. The summed E-state index contributed by atoms with van der Waals surface area (Å²) in [5, 5.41) is 16.7. The van der Waals surface area contributed by atoms with Gasteiger partial charge in [0.25, 0.3) is 5.69 Å². The summed E-state index contributed by atoms with van der Waals surface area (Å²) in [6, 6.07) is 4.50. The van der Waals surface area contributed by atoms with Crippen LogP contribution in [0.4, 0.5) is 11.4 Å². The van der Waals surface area contributed by atoms with Gasteiger partial charge in [-0.05, 0) is 38.4 Å². The number of nitrogens with zero attached hydrogens (tertiary/aromatic N) is 1. The van der Waals surface area contributed by atoms with Gasteiger partial charge in [-0.1, -0.05) is 6.07 Å². The number of carbonyl (C=O) groups is 1. The van der Waals surface area contributed by atoms with Crippen LogP contribution in [-0.2, 0) is 4.79 Å². The van der Waals surface area contributed by atoms with Crippen LogP contribution in [0.25, 0.3) is 0 Å². The normalized spacial score (nSPS) is 15.2. The third kappa shape index (κ3) is 3.91. The van der Waals surface area contributed by atoms with Gasteiger partial charge < -0.3 is 10.6 Å². The average Bonchev–Trinajstić information content (AvgIpc) is 2.42. The molecule has 20 heavy (non-hydrogen) atoms. The third-order valence-corrected chi connectivity index (χ3v) is 3.40. The monoisotopic (exact) mass is 299 g/mol. The molecule has 110 valence electrons. The molecule has 2 N–H and O–H groups in total. The Labute approximate surface area is 123 Å². The van der Waals surface area contributed by atoms with Crippen LogP contribution < -0.4 is 10.6 Å². The number of benzene rings is 1. The first-order chi connectivity index (χ1) is 9.08. The van der Waals surface area contributed by atoms with Gasteiger partial charge in [0.15, 0.2) is 0 Å². The maximum absolute atomic E-state index is 12.1. The van der Waals surface area contributed by atoms with Crippen LogP contribution in [0.15, 0.2) is 18.2 Å². The van der Waals surface area contributed by atoms with E-state index in [1.54, 1.807) is 6.07 Å². The molecule has 0 bridgehead atoms. The molecule has 1 fully saturated rings. The summed E-state index contributed by atoms with van der Waals surface area (Å²) in [7, 11) is 0. The highest BCUT2D eigenvalue weighted by Crippen LogP contribution is 2.23. The van der Waals surface area contributed by atoms with Crippen molar-refractivity contribution in [2.45, 2.75) is 19.8 Å². The van der Waals surface area contributed by atoms with Crippen LogP contribution in [0.2, 0.25) is 0 Å². The van der Waals surface area contributed by atoms with Crippen molar-refractivity contribution in [1.82, 2.24) is 5.32 Å². The molecule has 2 rings (SSSR count). The van der Waals surface area contributed by atoms with Gasteiger partial charge in [0.1, 0.15) is 0 Å². The number of carbonyl (C=O) groups excluding carboxylic acids is 1. The van der Waals surface area contributed by atoms with E-state index in [-0.39, 0.29) is 29.9 Å². The molecule has 1 aromatic rings. The summed E-state index contributed by atoms with van der Waals surface area (Å²) in [6.07, 6.45) is 1.61. The second-order valence-electron chi connectivity index (χ2n) is 4.77. The molecular weight excluding hydrogens is 282 g/mol. The molecule has 1 heterocycles. The quantitative estimate of drug-likeness (QED) is 0.662. The molecule has 0 aromatic heterocycles. The lowest BCUT2D eigenvalue weighted by Crippen LogP contribution is -2.34. The van der Waals surface area contributed by atoms with E-state index in [2.05, 4.69) is 10.6 Å². The summed E-state index contributed by atoms with van der Waals surface area (Å²) in [6.45, 7) is 3.50. The first-order valence-corrected chi connectivity index (χ1v) is 6.34. The summed E-state index contributed by atoms with van der Waals surface area (Å²) in [4.78, 5) is 22.4.